The summed E-state index contributed by atoms with van der Waals surface area (Å²) < 4.78 is 7.02. The molecule has 5 N–H and O–H groups in total. The Morgan fingerprint density at radius 1 is 1.32 bits per heavy atom. The fourth-order valence-electron chi connectivity index (χ4n) is 3.35. The van der Waals surface area contributed by atoms with Gasteiger partial charge in [-0.05, 0) is 6.42 Å². The smallest absolute Gasteiger partial charge is 0.177 e. The van der Waals surface area contributed by atoms with E-state index in [-0.39, 0.29) is 0 Å². The number of hydrogen-bond donors (Lipinski definition) is 5. The molecule has 166 valence electrons. The van der Waals surface area contributed by atoms with Crippen molar-refractivity contribution < 1.29 is 20.1 Å². The van der Waals surface area contributed by atoms with E-state index in [1.54, 1.807) is 0 Å². The van der Waals surface area contributed by atoms with Crippen LogP contribution in [0, 0.1) is 0 Å². The standard InChI is InChI=1S/C18H23ClN8O4/c1-2-3-4-11-24-9(15(19)25-11)5-23-26-16-12-17(21-7-20-16)27(8-22-12)18-14(30)13(29)10(6-28)31-18/h5,7-8,10,13-14,18,28-30H,2-4,6H2,1H3,(H,24,25)(H,20,21,26)/b23-5+. The van der Waals surface area contributed by atoms with E-state index in [4.69, 9.17) is 16.3 Å². The summed E-state index contributed by atoms with van der Waals surface area (Å²) in [6.45, 7) is 1.68. The number of ether oxygens (including phenoxy) is 1. The van der Waals surface area contributed by atoms with Crippen LogP contribution < -0.4 is 5.43 Å². The van der Waals surface area contributed by atoms with E-state index in [0.29, 0.717) is 27.8 Å². The van der Waals surface area contributed by atoms with Gasteiger partial charge < -0.3 is 25.0 Å². The number of imidazole rings is 2. The van der Waals surface area contributed by atoms with Crippen molar-refractivity contribution in [3.05, 3.63) is 29.3 Å². The molecule has 3 aromatic rings. The van der Waals surface area contributed by atoms with Crippen LogP contribution in [0.2, 0.25) is 5.15 Å². The molecule has 1 saturated heterocycles. The predicted octanol–water partition coefficient (Wildman–Crippen LogP) is 0.603. The molecule has 4 atom stereocenters. The van der Waals surface area contributed by atoms with E-state index in [1.165, 1.54) is 23.4 Å². The summed E-state index contributed by atoms with van der Waals surface area (Å²) in [5.74, 6) is 1.12. The van der Waals surface area contributed by atoms with Crippen LogP contribution >= 0.6 is 11.6 Å². The minimum Gasteiger partial charge on any atom is -0.394 e. The Hall–Kier alpha value is -2.64. The molecule has 1 aliphatic rings. The Morgan fingerprint density at radius 2 is 2.16 bits per heavy atom. The van der Waals surface area contributed by atoms with Crippen LogP contribution in [0.4, 0.5) is 5.82 Å². The number of halogens is 1. The highest BCUT2D eigenvalue weighted by Crippen LogP contribution is 2.32. The number of H-pyrrole nitrogens is 1. The summed E-state index contributed by atoms with van der Waals surface area (Å²) in [6, 6.07) is 0. The molecule has 0 bridgehead atoms. The van der Waals surface area contributed by atoms with Crippen molar-refractivity contribution in [2.24, 2.45) is 5.10 Å². The first kappa shape index (κ1) is 21.6. The maximum absolute atomic E-state index is 10.3. The minimum atomic E-state index is -1.25. The lowest BCUT2D eigenvalue weighted by atomic mass is 10.1. The van der Waals surface area contributed by atoms with Gasteiger partial charge in [0.05, 0.1) is 19.1 Å². The molecule has 0 radical (unpaired) electrons. The first-order valence-corrected chi connectivity index (χ1v) is 10.2. The van der Waals surface area contributed by atoms with Gasteiger partial charge in [0.2, 0.25) is 0 Å². The van der Waals surface area contributed by atoms with Gasteiger partial charge in [-0.25, -0.2) is 19.9 Å². The third-order valence-electron chi connectivity index (χ3n) is 5.01. The number of aromatic nitrogens is 6. The maximum Gasteiger partial charge on any atom is 0.177 e. The largest absolute Gasteiger partial charge is 0.394 e. The Bertz CT molecular complexity index is 1070. The zero-order valence-corrected chi connectivity index (χ0v) is 17.4. The molecule has 0 aromatic carbocycles. The van der Waals surface area contributed by atoms with Gasteiger partial charge in [-0.1, -0.05) is 24.9 Å². The number of aryl methyl sites for hydroxylation is 1. The molecule has 4 heterocycles. The first-order valence-electron chi connectivity index (χ1n) is 9.87. The number of aliphatic hydroxyl groups is 3. The van der Waals surface area contributed by atoms with Gasteiger partial charge in [0.25, 0.3) is 0 Å². The zero-order valence-electron chi connectivity index (χ0n) is 16.7. The van der Waals surface area contributed by atoms with E-state index in [1.807, 2.05) is 0 Å². The topological polar surface area (TPSA) is 167 Å². The van der Waals surface area contributed by atoms with Gasteiger partial charge in [-0.15, -0.1) is 0 Å². The van der Waals surface area contributed by atoms with Gasteiger partial charge in [0.1, 0.15) is 41.3 Å². The minimum absolute atomic E-state index is 0.324. The number of aromatic amines is 1. The summed E-state index contributed by atoms with van der Waals surface area (Å²) in [7, 11) is 0. The van der Waals surface area contributed by atoms with E-state index in [2.05, 4.69) is 42.4 Å². The second-order valence-electron chi connectivity index (χ2n) is 7.13. The monoisotopic (exact) mass is 450 g/mol. The van der Waals surface area contributed by atoms with Crippen LogP contribution in [0.15, 0.2) is 17.8 Å². The molecule has 0 saturated carbocycles. The summed E-state index contributed by atoms with van der Waals surface area (Å²) in [6.07, 6.45) is 2.75. The Balaban J connectivity index is 1.52. The van der Waals surface area contributed by atoms with Crippen LogP contribution in [0.1, 0.15) is 37.5 Å². The highest BCUT2D eigenvalue weighted by Gasteiger charge is 2.44. The maximum atomic E-state index is 10.3. The van der Waals surface area contributed by atoms with Crippen LogP contribution in [0.5, 0.6) is 0 Å². The molecule has 0 amide bonds. The van der Waals surface area contributed by atoms with Crippen molar-refractivity contribution in [1.82, 2.24) is 29.5 Å². The zero-order chi connectivity index (χ0) is 22.0. The number of aliphatic hydroxyl groups excluding tert-OH is 3. The highest BCUT2D eigenvalue weighted by atomic mass is 35.5. The Morgan fingerprint density at radius 3 is 2.90 bits per heavy atom. The van der Waals surface area contributed by atoms with E-state index in [0.717, 1.165) is 25.1 Å². The molecule has 0 spiro atoms. The molecule has 1 fully saturated rings. The summed E-state index contributed by atoms with van der Waals surface area (Å²) in [5, 5.41) is 34.1. The molecule has 4 unspecified atom stereocenters. The lowest BCUT2D eigenvalue weighted by molar-refractivity contribution is -0.0511. The van der Waals surface area contributed by atoms with Crippen molar-refractivity contribution in [3.8, 4) is 0 Å². The highest BCUT2D eigenvalue weighted by molar-refractivity contribution is 6.31. The Kier molecular flexibility index (Phi) is 6.43. The number of nitrogens with one attached hydrogen (secondary N) is 2. The molecular weight excluding hydrogens is 428 g/mol. The second-order valence-corrected chi connectivity index (χ2v) is 7.51. The van der Waals surface area contributed by atoms with E-state index < -0.39 is 31.1 Å². The fourth-order valence-corrected chi connectivity index (χ4v) is 3.55. The second kappa shape index (κ2) is 9.24. The number of anilines is 1. The van der Waals surface area contributed by atoms with Crippen LogP contribution in [-0.2, 0) is 11.2 Å². The average molecular weight is 451 g/mol. The van der Waals surface area contributed by atoms with Gasteiger partial charge >= 0.3 is 0 Å². The van der Waals surface area contributed by atoms with Crippen molar-refractivity contribution in [2.75, 3.05) is 12.0 Å². The van der Waals surface area contributed by atoms with E-state index in [9.17, 15) is 15.3 Å². The van der Waals surface area contributed by atoms with Crippen molar-refractivity contribution in [2.45, 2.75) is 50.7 Å². The molecule has 13 heteroatoms. The molecule has 31 heavy (non-hydrogen) atoms. The number of rotatable bonds is 8. The van der Waals surface area contributed by atoms with Crippen molar-refractivity contribution >= 4 is 34.8 Å². The van der Waals surface area contributed by atoms with Crippen molar-refractivity contribution in [3.63, 3.8) is 0 Å². The summed E-state index contributed by atoms with van der Waals surface area (Å²) >= 11 is 6.17. The fraction of sp³-hybridized carbons (Fsp3) is 0.500. The van der Waals surface area contributed by atoms with Crippen LogP contribution in [0.25, 0.3) is 11.2 Å². The van der Waals surface area contributed by atoms with Gasteiger partial charge in [-0.3, -0.25) is 9.99 Å². The summed E-state index contributed by atoms with van der Waals surface area (Å²) in [4.78, 5) is 20.0. The quantitative estimate of drug-likeness (QED) is 0.244. The first-order chi connectivity index (χ1) is 15.0. The number of hydrogen-bond acceptors (Lipinski definition) is 10. The molecule has 0 aliphatic carbocycles. The molecule has 3 aromatic heterocycles. The number of unbranched alkanes of at least 4 members (excludes halogenated alkanes) is 1. The SMILES string of the molecule is CCCCc1nc(/C=N/Nc2ncnc3c2ncn3C2OC(CO)C(O)C2O)c(Cl)[nH]1. The average Bonchev–Trinajstić information content (AvgIpc) is 3.43. The third-order valence-corrected chi connectivity index (χ3v) is 5.30. The van der Waals surface area contributed by atoms with Crippen LogP contribution in [-0.4, -0.2) is 75.9 Å². The van der Waals surface area contributed by atoms with E-state index >= 15 is 0 Å². The third kappa shape index (κ3) is 4.25. The van der Waals surface area contributed by atoms with Gasteiger partial charge in [-0.2, -0.15) is 5.10 Å². The number of hydrazone groups is 1. The molecule has 12 nitrogen and oxygen atoms in total. The van der Waals surface area contributed by atoms with Gasteiger partial charge in [0, 0.05) is 6.42 Å². The molecule has 4 rings (SSSR count). The summed E-state index contributed by atoms with van der Waals surface area (Å²) in [5.41, 5.74) is 4.05. The number of fused-ring (bicyclic) bond motifs is 1. The number of nitrogens with zero attached hydrogens (tertiary/aromatic N) is 6. The lowest BCUT2D eigenvalue weighted by Crippen LogP contribution is -2.33. The lowest BCUT2D eigenvalue weighted by Gasteiger charge is -2.16. The molecular formula is C18H23ClN8O4. The normalized spacial score (nSPS) is 23.9. The van der Waals surface area contributed by atoms with Crippen molar-refractivity contribution in [1.29, 1.82) is 0 Å². The van der Waals surface area contributed by atoms with Crippen LogP contribution in [0.3, 0.4) is 0 Å². The molecule has 1 aliphatic heterocycles. The van der Waals surface area contributed by atoms with Gasteiger partial charge in [0.15, 0.2) is 23.2 Å². The Labute approximate surface area is 182 Å². The predicted molar refractivity (Wildman–Crippen MR) is 112 cm³/mol.